The molecule has 0 spiro atoms. The van der Waals surface area contributed by atoms with Crippen LogP contribution >= 0.6 is 15.9 Å². The van der Waals surface area contributed by atoms with Crippen molar-refractivity contribution in [1.29, 1.82) is 0 Å². The van der Waals surface area contributed by atoms with Crippen molar-refractivity contribution in [2.24, 2.45) is 0 Å². The molecule has 3 rings (SSSR count). The number of benzene rings is 1. The average molecular weight is 405 g/mol. The summed E-state index contributed by atoms with van der Waals surface area (Å²) in [7, 11) is 0. The second-order valence-corrected chi connectivity index (χ2v) is 6.44. The van der Waals surface area contributed by atoms with Gasteiger partial charge in [-0.15, -0.1) is 0 Å². The number of carbonyl (C=O) groups excluding carboxylic acids is 2. The van der Waals surface area contributed by atoms with E-state index >= 15 is 0 Å². The van der Waals surface area contributed by atoms with Crippen LogP contribution in [0.5, 0.6) is 0 Å². The number of carbonyl (C=O) groups is 2. The minimum Gasteiger partial charge on any atom is -0.444 e. The van der Waals surface area contributed by atoms with Crippen LogP contribution in [0.4, 0.5) is 0 Å². The molecule has 1 saturated heterocycles. The average Bonchev–Trinajstić information content (AvgIpc) is 2.67. The van der Waals surface area contributed by atoms with Gasteiger partial charge < -0.3 is 14.4 Å². The van der Waals surface area contributed by atoms with E-state index in [0.29, 0.717) is 36.3 Å². The van der Waals surface area contributed by atoms with Crippen molar-refractivity contribution in [3.05, 3.63) is 64.4 Å². The van der Waals surface area contributed by atoms with E-state index in [0.717, 1.165) is 0 Å². The summed E-state index contributed by atoms with van der Waals surface area (Å²) in [5.74, 6) is -0.838. The minimum atomic E-state index is -0.995. The maximum Gasteiger partial charge on any atom is 0.340 e. The molecule has 1 aromatic heterocycles. The van der Waals surface area contributed by atoms with Crippen molar-refractivity contribution in [2.45, 2.75) is 6.10 Å². The molecule has 25 heavy (non-hydrogen) atoms. The Morgan fingerprint density at radius 1 is 1.16 bits per heavy atom. The molecule has 130 valence electrons. The molecule has 0 radical (unpaired) electrons. The van der Waals surface area contributed by atoms with Gasteiger partial charge in [0.1, 0.15) is 0 Å². The van der Waals surface area contributed by atoms with Crippen molar-refractivity contribution in [3.63, 3.8) is 0 Å². The number of amides is 1. The largest absolute Gasteiger partial charge is 0.444 e. The van der Waals surface area contributed by atoms with Gasteiger partial charge in [0.25, 0.3) is 5.91 Å². The van der Waals surface area contributed by atoms with Gasteiger partial charge in [-0.2, -0.15) is 0 Å². The van der Waals surface area contributed by atoms with Gasteiger partial charge in [0.05, 0.1) is 18.8 Å². The number of hydrogen-bond donors (Lipinski definition) is 0. The van der Waals surface area contributed by atoms with Crippen LogP contribution in [-0.4, -0.2) is 48.1 Å². The number of hydrogen-bond acceptors (Lipinski definition) is 5. The number of halogens is 1. The molecule has 0 aliphatic carbocycles. The first-order valence-electron chi connectivity index (χ1n) is 7.88. The summed E-state index contributed by atoms with van der Waals surface area (Å²) in [5, 5.41) is 0. The van der Waals surface area contributed by atoms with Gasteiger partial charge in [0.15, 0.2) is 0 Å². The van der Waals surface area contributed by atoms with Crippen molar-refractivity contribution in [1.82, 2.24) is 9.88 Å². The van der Waals surface area contributed by atoms with Crippen LogP contribution in [0.2, 0.25) is 0 Å². The standard InChI is InChI=1S/C18H17BrN2O4/c19-15-10-14(11-20-12-15)18(23)25-16(13-4-2-1-3-5-13)17(22)21-6-8-24-9-7-21/h1-5,10-12,16H,6-9H2/t16-/m0/s1. The summed E-state index contributed by atoms with van der Waals surface area (Å²) < 4.78 is 11.5. The maximum atomic E-state index is 12.9. The third kappa shape index (κ3) is 4.43. The van der Waals surface area contributed by atoms with Gasteiger partial charge >= 0.3 is 5.97 Å². The predicted octanol–water partition coefficient (Wildman–Crippen LogP) is 2.60. The third-order valence-corrected chi connectivity index (χ3v) is 4.25. The lowest BCUT2D eigenvalue weighted by molar-refractivity contribution is -0.145. The predicted molar refractivity (Wildman–Crippen MR) is 93.9 cm³/mol. The fraction of sp³-hybridized carbons (Fsp3) is 0.278. The van der Waals surface area contributed by atoms with Crippen LogP contribution in [0.1, 0.15) is 22.0 Å². The smallest absolute Gasteiger partial charge is 0.340 e. The fourth-order valence-electron chi connectivity index (χ4n) is 2.54. The van der Waals surface area contributed by atoms with Crippen molar-refractivity contribution < 1.29 is 19.1 Å². The molecule has 1 aromatic carbocycles. The molecule has 7 heteroatoms. The normalized spacial score (nSPS) is 15.5. The summed E-state index contributed by atoms with van der Waals surface area (Å²) in [5.41, 5.74) is 0.917. The highest BCUT2D eigenvalue weighted by atomic mass is 79.9. The zero-order chi connectivity index (χ0) is 17.6. The van der Waals surface area contributed by atoms with E-state index in [1.807, 2.05) is 18.2 Å². The Hall–Kier alpha value is -2.25. The Labute approximate surface area is 153 Å². The van der Waals surface area contributed by atoms with Crippen LogP contribution < -0.4 is 0 Å². The van der Waals surface area contributed by atoms with Crippen LogP contribution in [-0.2, 0) is 14.3 Å². The second kappa shape index (κ2) is 8.22. The van der Waals surface area contributed by atoms with Gasteiger partial charge in [-0.25, -0.2) is 4.79 Å². The summed E-state index contributed by atoms with van der Waals surface area (Å²) in [6, 6.07) is 10.6. The first-order valence-corrected chi connectivity index (χ1v) is 8.67. The number of morpholine rings is 1. The molecule has 2 heterocycles. The van der Waals surface area contributed by atoms with Crippen molar-refractivity contribution in [3.8, 4) is 0 Å². The van der Waals surface area contributed by atoms with Crippen LogP contribution in [0.15, 0.2) is 53.3 Å². The molecule has 6 nitrogen and oxygen atoms in total. The number of pyridine rings is 1. The Morgan fingerprint density at radius 3 is 2.56 bits per heavy atom. The van der Waals surface area contributed by atoms with Crippen LogP contribution in [0.25, 0.3) is 0 Å². The summed E-state index contributed by atoms with van der Waals surface area (Å²) in [6.45, 7) is 1.93. The molecule has 0 bridgehead atoms. The van der Waals surface area contributed by atoms with Gasteiger partial charge in [-0.1, -0.05) is 30.3 Å². The molecular formula is C18H17BrN2O4. The molecule has 0 N–H and O–H groups in total. The van der Waals surface area contributed by atoms with Gasteiger partial charge in [0.2, 0.25) is 6.10 Å². The Bertz CT molecular complexity index is 748. The van der Waals surface area contributed by atoms with E-state index in [-0.39, 0.29) is 11.5 Å². The molecule has 1 aliphatic rings. The Kier molecular flexibility index (Phi) is 5.78. The summed E-state index contributed by atoms with van der Waals surface area (Å²) >= 11 is 3.27. The highest BCUT2D eigenvalue weighted by molar-refractivity contribution is 9.10. The number of rotatable bonds is 4. The minimum absolute atomic E-state index is 0.245. The molecule has 1 atom stereocenters. The lowest BCUT2D eigenvalue weighted by Crippen LogP contribution is -2.44. The topological polar surface area (TPSA) is 68.7 Å². The number of esters is 1. The SMILES string of the molecule is O=C(O[C@H](C(=O)N1CCOCC1)c1ccccc1)c1cncc(Br)c1. The van der Waals surface area contributed by atoms with Crippen LogP contribution in [0, 0.1) is 0 Å². The van der Waals surface area contributed by atoms with E-state index < -0.39 is 12.1 Å². The lowest BCUT2D eigenvalue weighted by Gasteiger charge is -2.30. The molecular weight excluding hydrogens is 388 g/mol. The number of aromatic nitrogens is 1. The van der Waals surface area contributed by atoms with E-state index in [1.165, 1.54) is 6.20 Å². The van der Waals surface area contributed by atoms with E-state index in [4.69, 9.17) is 9.47 Å². The van der Waals surface area contributed by atoms with E-state index in [9.17, 15) is 9.59 Å². The van der Waals surface area contributed by atoms with Gasteiger partial charge in [-0.3, -0.25) is 9.78 Å². The van der Waals surface area contributed by atoms with E-state index in [1.54, 1.807) is 29.3 Å². The van der Waals surface area contributed by atoms with E-state index in [2.05, 4.69) is 20.9 Å². The Balaban J connectivity index is 1.83. The molecule has 1 amide bonds. The highest BCUT2D eigenvalue weighted by Crippen LogP contribution is 2.23. The van der Waals surface area contributed by atoms with Crippen molar-refractivity contribution in [2.75, 3.05) is 26.3 Å². The zero-order valence-electron chi connectivity index (χ0n) is 13.4. The molecule has 0 saturated carbocycles. The highest BCUT2D eigenvalue weighted by Gasteiger charge is 2.30. The Morgan fingerprint density at radius 2 is 1.88 bits per heavy atom. The molecule has 0 unspecified atom stereocenters. The first kappa shape index (κ1) is 17.6. The third-order valence-electron chi connectivity index (χ3n) is 3.81. The fourth-order valence-corrected chi connectivity index (χ4v) is 2.90. The van der Waals surface area contributed by atoms with Gasteiger partial charge in [-0.05, 0) is 22.0 Å². The van der Waals surface area contributed by atoms with Crippen molar-refractivity contribution >= 4 is 27.8 Å². The monoisotopic (exact) mass is 404 g/mol. The summed E-state index contributed by atoms with van der Waals surface area (Å²) in [6.07, 6.45) is 1.99. The molecule has 1 fully saturated rings. The number of nitrogens with zero attached hydrogens (tertiary/aromatic N) is 2. The lowest BCUT2D eigenvalue weighted by atomic mass is 10.1. The maximum absolute atomic E-state index is 12.9. The zero-order valence-corrected chi connectivity index (χ0v) is 15.0. The first-order chi connectivity index (χ1) is 12.1. The van der Waals surface area contributed by atoms with Gasteiger partial charge in [0, 0.05) is 35.5 Å². The summed E-state index contributed by atoms with van der Waals surface area (Å²) in [4.78, 5) is 31.0. The van der Waals surface area contributed by atoms with Crippen LogP contribution in [0.3, 0.4) is 0 Å². The molecule has 1 aliphatic heterocycles. The number of ether oxygens (including phenoxy) is 2. The second-order valence-electron chi connectivity index (χ2n) is 5.53. The molecule has 2 aromatic rings. The quantitative estimate of drug-likeness (QED) is 0.732.